The molecule has 16 heavy (non-hydrogen) atoms. The van der Waals surface area contributed by atoms with Gasteiger partial charge in [-0.05, 0) is 62.1 Å². The van der Waals surface area contributed by atoms with Gasteiger partial charge in [0.2, 0.25) is 0 Å². The van der Waals surface area contributed by atoms with Crippen LogP contribution in [0.5, 0.6) is 0 Å². The van der Waals surface area contributed by atoms with Crippen LogP contribution in [0.4, 0.5) is 0 Å². The molecular formula is C15H20O. The summed E-state index contributed by atoms with van der Waals surface area (Å²) in [6, 6.07) is 8.67. The Morgan fingerprint density at radius 2 is 1.81 bits per heavy atom. The number of rotatable bonds is 1. The zero-order valence-electron chi connectivity index (χ0n) is 10.2. The molecule has 1 saturated carbocycles. The fraction of sp³-hybridized carbons (Fsp3) is 0.467. The molecule has 1 aliphatic carbocycles. The van der Waals surface area contributed by atoms with E-state index in [9.17, 15) is 5.11 Å². The maximum absolute atomic E-state index is 9.47. The monoisotopic (exact) mass is 216 g/mol. The van der Waals surface area contributed by atoms with Crippen LogP contribution in [0.1, 0.15) is 49.7 Å². The second kappa shape index (κ2) is 4.73. The quantitative estimate of drug-likeness (QED) is 0.686. The summed E-state index contributed by atoms with van der Waals surface area (Å²) in [5.74, 6) is 1.23. The third-order valence-electron chi connectivity index (χ3n) is 3.73. The van der Waals surface area contributed by atoms with Crippen molar-refractivity contribution in [1.82, 2.24) is 0 Å². The minimum Gasteiger partial charge on any atom is -0.513 e. The van der Waals surface area contributed by atoms with E-state index in [1.807, 2.05) is 6.92 Å². The van der Waals surface area contributed by atoms with Crippen LogP contribution in [0.15, 0.2) is 35.6 Å². The average Bonchev–Trinajstić information content (AvgIpc) is 2.30. The molecule has 0 aromatic heterocycles. The Bertz CT molecular complexity index is 390. The van der Waals surface area contributed by atoms with Crippen molar-refractivity contribution < 1.29 is 5.11 Å². The third-order valence-corrected chi connectivity index (χ3v) is 3.73. The molecule has 1 aromatic carbocycles. The molecule has 1 heteroatoms. The second-order valence-corrected chi connectivity index (χ2v) is 4.82. The van der Waals surface area contributed by atoms with E-state index in [2.05, 4.69) is 31.2 Å². The van der Waals surface area contributed by atoms with E-state index in [-0.39, 0.29) is 0 Å². The normalized spacial score (nSPS) is 20.9. The summed E-state index contributed by atoms with van der Waals surface area (Å²) in [7, 11) is 0. The van der Waals surface area contributed by atoms with E-state index in [1.165, 1.54) is 29.5 Å². The number of hydrogen-bond donors (Lipinski definition) is 1. The fourth-order valence-corrected chi connectivity index (χ4v) is 2.68. The molecule has 86 valence electrons. The summed E-state index contributed by atoms with van der Waals surface area (Å²) >= 11 is 0. The van der Waals surface area contributed by atoms with E-state index in [4.69, 9.17) is 0 Å². The molecule has 1 aromatic rings. The van der Waals surface area contributed by atoms with Crippen molar-refractivity contribution in [3.05, 3.63) is 46.7 Å². The van der Waals surface area contributed by atoms with Crippen molar-refractivity contribution >= 4 is 0 Å². The number of aryl methyl sites for hydroxylation is 1. The highest BCUT2D eigenvalue weighted by Crippen LogP contribution is 2.37. The molecule has 1 nitrogen and oxygen atoms in total. The molecule has 0 unspecified atom stereocenters. The van der Waals surface area contributed by atoms with Gasteiger partial charge in [0.1, 0.15) is 0 Å². The number of hydrogen-bond acceptors (Lipinski definition) is 1. The Hall–Kier alpha value is -1.24. The molecule has 0 spiro atoms. The first-order valence-electron chi connectivity index (χ1n) is 6.11. The lowest BCUT2D eigenvalue weighted by Crippen LogP contribution is -2.09. The van der Waals surface area contributed by atoms with Crippen LogP contribution >= 0.6 is 0 Å². The van der Waals surface area contributed by atoms with Crippen LogP contribution in [-0.4, -0.2) is 5.11 Å². The predicted molar refractivity (Wildman–Crippen MR) is 67.7 cm³/mol. The minimum absolute atomic E-state index is 0.545. The Morgan fingerprint density at radius 1 is 1.19 bits per heavy atom. The number of aliphatic hydroxyl groups excluding tert-OH is 1. The number of aliphatic hydroxyl groups is 1. The zero-order chi connectivity index (χ0) is 11.5. The molecule has 0 radical (unpaired) electrons. The Labute approximate surface area is 97.8 Å². The summed E-state index contributed by atoms with van der Waals surface area (Å²) in [6.45, 7) is 4.00. The van der Waals surface area contributed by atoms with E-state index in [0.717, 1.165) is 12.8 Å². The lowest BCUT2D eigenvalue weighted by atomic mass is 9.80. The predicted octanol–water partition coefficient (Wildman–Crippen LogP) is 4.48. The van der Waals surface area contributed by atoms with Gasteiger partial charge in [0, 0.05) is 0 Å². The van der Waals surface area contributed by atoms with Crippen molar-refractivity contribution in [2.45, 2.75) is 45.4 Å². The van der Waals surface area contributed by atoms with Crippen LogP contribution in [0, 0.1) is 6.92 Å². The van der Waals surface area contributed by atoms with Gasteiger partial charge in [-0.2, -0.15) is 0 Å². The number of benzene rings is 1. The van der Waals surface area contributed by atoms with Gasteiger partial charge >= 0.3 is 0 Å². The summed E-state index contributed by atoms with van der Waals surface area (Å²) in [5, 5.41) is 9.47. The average molecular weight is 216 g/mol. The molecular weight excluding hydrogens is 196 g/mol. The van der Waals surface area contributed by atoms with Crippen molar-refractivity contribution in [1.29, 1.82) is 0 Å². The van der Waals surface area contributed by atoms with E-state index in [0.29, 0.717) is 11.7 Å². The summed E-state index contributed by atoms with van der Waals surface area (Å²) < 4.78 is 0. The molecule has 0 atom stereocenters. The van der Waals surface area contributed by atoms with Gasteiger partial charge in [0.25, 0.3) is 0 Å². The Balaban J connectivity index is 2.11. The SMILES string of the molecule is CC(O)=C1CCC(c2ccccc2C)CC1. The van der Waals surface area contributed by atoms with E-state index < -0.39 is 0 Å². The maximum atomic E-state index is 9.47. The van der Waals surface area contributed by atoms with Gasteiger partial charge in [-0.15, -0.1) is 0 Å². The minimum atomic E-state index is 0.545. The van der Waals surface area contributed by atoms with Crippen molar-refractivity contribution in [2.75, 3.05) is 0 Å². The van der Waals surface area contributed by atoms with Crippen LogP contribution in [-0.2, 0) is 0 Å². The van der Waals surface area contributed by atoms with Crippen LogP contribution < -0.4 is 0 Å². The lowest BCUT2D eigenvalue weighted by Gasteiger charge is -2.25. The highest BCUT2D eigenvalue weighted by atomic mass is 16.3. The van der Waals surface area contributed by atoms with Crippen LogP contribution in [0.2, 0.25) is 0 Å². The molecule has 1 N–H and O–H groups in total. The maximum Gasteiger partial charge on any atom is 0.0883 e. The molecule has 0 amide bonds. The van der Waals surface area contributed by atoms with Crippen LogP contribution in [0.3, 0.4) is 0 Å². The largest absolute Gasteiger partial charge is 0.513 e. The molecule has 0 aliphatic heterocycles. The first-order chi connectivity index (χ1) is 7.68. The van der Waals surface area contributed by atoms with Crippen LogP contribution in [0.25, 0.3) is 0 Å². The van der Waals surface area contributed by atoms with Gasteiger partial charge in [-0.25, -0.2) is 0 Å². The van der Waals surface area contributed by atoms with Crippen molar-refractivity contribution in [2.24, 2.45) is 0 Å². The molecule has 1 aliphatic rings. The second-order valence-electron chi connectivity index (χ2n) is 4.82. The molecule has 1 fully saturated rings. The molecule has 2 rings (SSSR count). The first kappa shape index (κ1) is 11.3. The Morgan fingerprint density at radius 3 is 2.38 bits per heavy atom. The standard InChI is InChI=1S/C15H20O/c1-11-5-3-4-6-15(11)14-9-7-13(8-10-14)12(2)16/h3-6,14,16H,7-10H2,1-2H3. The summed E-state index contributed by atoms with van der Waals surface area (Å²) in [4.78, 5) is 0. The lowest BCUT2D eigenvalue weighted by molar-refractivity contribution is 0.387. The van der Waals surface area contributed by atoms with Gasteiger partial charge < -0.3 is 5.11 Å². The summed E-state index contributed by atoms with van der Waals surface area (Å²) in [5.41, 5.74) is 4.16. The summed E-state index contributed by atoms with van der Waals surface area (Å²) in [6.07, 6.45) is 4.47. The molecule has 0 saturated heterocycles. The van der Waals surface area contributed by atoms with Gasteiger partial charge in [0.15, 0.2) is 0 Å². The van der Waals surface area contributed by atoms with Gasteiger partial charge in [-0.3, -0.25) is 0 Å². The van der Waals surface area contributed by atoms with Crippen molar-refractivity contribution in [3.8, 4) is 0 Å². The van der Waals surface area contributed by atoms with E-state index >= 15 is 0 Å². The van der Waals surface area contributed by atoms with Crippen molar-refractivity contribution in [3.63, 3.8) is 0 Å². The topological polar surface area (TPSA) is 20.2 Å². The van der Waals surface area contributed by atoms with E-state index in [1.54, 1.807) is 0 Å². The highest BCUT2D eigenvalue weighted by molar-refractivity contribution is 5.30. The van der Waals surface area contributed by atoms with Gasteiger partial charge in [-0.1, -0.05) is 24.3 Å². The number of allylic oxidation sites excluding steroid dienone is 2. The highest BCUT2D eigenvalue weighted by Gasteiger charge is 2.20. The fourth-order valence-electron chi connectivity index (χ4n) is 2.68. The Kier molecular flexibility index (Phi) is 3.33. The zero-order valence-corrected chi connectivity index (χ0v) is 10.2. The first-order valence-corrected chi connectivity index (χ1v) is 6.11. The molecule has 0 heterocycles. The van der Waals surface area contributed by atoms with Gasteiger partial charge in [0.05, 0.1) is 5.76 Å². The molecule has 0 bridgehead atoms. The smallest absolute Gasteiger partial charge is 0.0883 e. The third kappa shape index (κ3) is 2.29.